The molecule has 0 aromatic rings. The van der Waals surface area contributed by atoms with Crippen LogP contribution in [0, 0.1) is 11.8 Å². The van der Waals surface area contributed by atoms with Gasteiger partial charge < -0.3 is 4.74 Å². The third-order valence-corrected chi connectivity index (χ3v) is 6.54. The standard InChI is InChI=1S/C28H56O2/c1-5-8-11-14-15-16-17-18-19-22-26(4)28(29)30-25-27(23-20-12-9-6-2)24-21-13-10-7-3/h26-27H,5-25H2,1-4H3. The van der Waals surface area contributed by atoms with Crippen molar-refractivity contribution in [3.8, 4) is 0 Å². The van der Waals surface area contributed by atoms with Crippen LogP contribution in [0.3, 0.4) is 0 Å². The molecule has 0 amide bonds. The van der Waals surface area contributed by atoms with Gasteiger partial charge in [-0.15, -0.1) is 0 Å². The van der Waals surface area contributed by atoms with E-state index in [4.69, 9.17) is 4.74 Å². The zero-order chi connectivity index (χ0) is 22.3. The quantitative estimate of drug-likeness (QED) is 0.120. The van der Waals surface area contributed by atoms with E-state index in [2.05, 4.69) is 27.7 Å². The normalized spacial score (nSPS) is 12.4. The molecule has 2 nitrogen and oxygen atoms in total. The average Bonchev–Trinajstić information content (AvgIpc) is 2.75. The predicted molar refractivity (Wildman–Crippen MR) is 133 cm³/mol. The Labute approximate surface area is 190 Å². The lowest BCUT2D eigenvalue weighted by Crippen LogP contribution is -2.20. The molecule has 0 bridgehead atoms. The second-order valence-corrected chi connectivity index (χ2v) is 9.71. The van der Waals surface area contributed by atoms with Crippen molar-refractivity contribution >= 4 is 5.97 Å². The smallest absolute Gasteiger partial charge is 0.308 e. The van der Waals surface area contributed by atoms with Crippen molar-refractivity contribution in [2.75, 3.05) is 6.61 Å². The molecule has 1 atom stereocenters. The zero-order valence-corrected chi connectivity index (χ0v) is 21.3. The van der Waals surface area contributed by atoms with Crippen LogP contribution in [0.2, 0.25) is 0 Å². The highest BCUT2D eigenvalue weighted by Gasteiger charge is 2.17. The number of hydrogen-bond donors (Lipinski definition) is 0. The largest absolute Gasteiger partial charge is 0.465 e. The Morgan fingerprint density at radius 2 is 0.933 bits per heavy atom. The second kappa shape index (κ2) is 23.1. The lowest BCUT2D eigenvalue weighted by Gasteiger charge is -2.19. The van der Waals surface area contributed by atoms with Crippen molar-refractivity contribution in [1.29, 1.82) is 0 Å². The summed E-state index contributed by atoms with van der Waals surface area (Å²) in [5.74, 6) is 0.680. The van der Waals surface area contributed by atoms with E-state index in [0.717, 1.165) is 6.42 Å². The molecule has 0 spiro atoms. The maximum Gasteiger partial charge on any atom is 0.308 e. The summed E-state index contributed by atoms with van der Waals surface area (Å²) >= 11 is 0. The average molecular weight is 425 g/mol. The summed E-state index contributed by atoms with van der Waals surface area (Å²) in [6.07, 6.45) is 25.9. The third kappa shape index (κ3) is 19.4. The van der Waals surface area contributed by atoms with Crippen LogP contribution in [-0.4, -0.2) is 12.6 Å². The number of rotatable bonds is 23. The molecule has 0 saturated heterocycles. The molecule has 0 N–H and O–H groups in total. The first-order chi connectivity index (χ1) is 14.7. The number of ether oxygens (including phenoxy) is 1. The number of hydrogen-bond acceptors (Lipinski definition) is 2. The third-order valence-electron chi connectivity index (χ3n) is 6.54. The summed E-state index contributed by atoms with van der Waals surface area (Å²) in [6.45, 7) is 9.51. The SMILES string of the molecule is CCCCCCCCCCCC(C)C(=O)OCC(CCCCCC)CCCCCC. The molecule has 1 unspecified atom stereocenters. The van der Waals surface area contributed by atoms with E-state index < -0.39 is 0 Å². The number of esters is 1. The molecule has 0 rings (SSSR count). The number of carbonyl (C=O) groups is 1. The van der Waals surface area contributed by atoms with E-state index in [9.17, 15) is 4.79 Å². The van der Waals surface area contributed by atoms with E-state index in [-0.39, 0.29) is 11.9 Å². The molecule has 0 aliphatic carbocycles. The Bertz CT molecular complexity index is 341. The van der Waals surface area contributed by atoms with Gasteiger partial charge in [0.05, 0.1) is 12.5 Å². The molecule has 0 heterocycles. The molecule has 180 valence electrons. The Balaban J connectivity index is 3.92. The van der Waals surface area contributed by atoms with Crippen molar-refractivity contribution in [3.63, 3.8) is 0 Å². The summed E-state index contributed by atoms with van der Waals surface area (Å²) < 4.78 is 5.77. The van der Waals surface area contributed by atoms with Gasteiger partial charge in [0.25, 0.3) is 0 Å². The van der Waals surface area contributed by atoms with Crippen LogP contribution >= 0.6 is 0 Å². The van der Waals surface area contributed by atoms with Gasteiger partial charge in [0.15, 0.2) is 0 Å². The van der Waals surface area contributed by atoms with Crippen molar-refractivity contribution in [3.05, 3.63) is 0 Å². The van der Waals surface area contributed by atoms with E-state index in [0.29, 0.717) is 12.5 Å². The Morgan fingerprint density at radius 1 is 0.567 bits per heavy atom. The molecule has 0 aromatic heterocycles. The van der Waals surface area contributed by atoms with Crippen LogP contribution in [0.4, 0.5) is 0 Å². The fourth-order valence-electron chi connectivity index (χ4n) is 4.25. The first kappa shape index (κ1) is 29.5. The van der Waals surface area contributed by atoms with E-state index >= 15 is 0 Å². The van der Waals surface area contributed by atoms with Crippen molar-refractivity contribution in [1.82, 2.24) is 0 Å². The monoisotopic (exact) mass is 424 g/mol. The summed E-state index contributed by atoms with van der Waals surface area (Å²) in [7, 11) is 0. The van der Waals surface area contributed by atoms with Gasteiger partial charge in [0.1, 0.15) is 0 Å². The topological polar surface area (TPSA) is 26.3 Å². The van der Waals surface area contributed by atoms with E-state index in [1.807, 2.05) is 0 Å². The van der Waals surface area contributed by atoms with Crippen LogP contribution in [0.5, 0.6) is 0 Å². The summed E-state index contributed by atoms with van der Waals surface area (Å²) in [4.78, 5) is 12.4. The minimum Gasteiger partial charge on any atom is -0.465 e. The van der Waals surface area contributed by atoms with Gasteiger partial charge in [-0.05, 0) is 25.2 Å². The highest BCUT2D eigenvalue weighted by molar-refractivity contribution is 5.71. The Kier molecular flexibility index (Phi) is 22.7. The van der Waals surface area contributed by atoms with E-state index in [1.165, 1.54) is 122 Å². The lowest BCUT2D eigenvalue weighted by atomic mass is 9.95. The molecule has 2 heteroatoms. The zero-order valence-electron chi connectivity index (χ0n) is 21.3. The predicted octanol–water partition coefficient (Wildman–Crippen LogP) is 9.64. The van der Waals surface area contributed by atoms with Gasteiger partial charge >= 0.3 is 5.97 Å². The van der Waals surface area contributed by atoms with Gasteiger partial charge in [-0.25, -0.2) is 0 Å². The summed E-state index contributed by atoms with van der Waals surface area (Å²) in [5, 5.41) is 0. The molecular weight excluding hydrogens is 368 g/mol. The van der Waals surface area contributed by atoms with Gasteiger partial charge in [-0.1, -0.05) is 137 Å². The van der Waals surface area contributed by atoms with Gasteiger partial charge in [0.2, 0.25) is 0 Å². The van der Waals surface area contributed by atoms with Crippen molar-refractivity contribution in [2.24, 2.45) is 11.8 Å². The molecular formula is C28H56O2. The van der Waals surface area contributed by atoms with Crippen LogP contribution in [0.15, 0.2) is 0 Å². The first-order valence-corrected chi connectivity index (χ1v) is 13.8. The molecule has 0 saturated carbocycles. The van der Waals surface area contributed by atoms with Crippen LogP contribution < -0.4 is 0 Å². The first-order valence-electron chi connectivity index (χ1n) is 13.8. The molecule has 0 aromatic carbocycles. The molecule has 0 radical (unpaired) electrons. The summed E-state index contributed by atoms with van der Waals surface area (Å²) in [6, 6.07) is 0. The van der Waals surface area contributed by atoms with Crippen LogP contribution in [0.25, 0.3) is 0 Å². The minimum absolute atomic E-state index is 0.0432. The van der Waals surface area contributed by atoms with Crippen LogP contribution in [0.1, 0.15) is 156 Å². The fourth-order valence-corrected chi connectivity index (χ4v) is 4.25. The van der Waals surface area contributed by atoms with Gasteiger partial charge in [-0.3, -0.25) is 4.79 Å². The molecule has 0 aliphatic rings. The van der Waals surface area contributed by atoms with Crippen LogP contribution in [-0.2, 0) is 9.53 Å². The fraction of sp³-hybridized carbons (Fsp3) is 0.964. The second-order valence-electron chi connectivity index (χ2n) is 9.71. The molecule has 30 heavy (non-hydrogen) atoms. The minimum atomic E-state index is 0.0432. The Morgan fingerprint density at radius 3 is 1.40 bits per heavy atom. The highest BCUT2D eigenvalue weighted by atomic mass is 16.5. The molecule has 0 aliphatic heterocycles. The summed E-state index contributed by atoms with van der Waals surface area (Å²) in [5.41, 5.74) is 0. The van der Waals surface area contributed by atoms with Crippen molar-refractivity contribution < 1.29 is 9.53 Å². The number of carbonyl (C=O) groups excluding carboxylic acids is 1. The Hall–Kier alpha value is -0.530. The van der Waals surface area contributed by atoms with E-state index in [1.54, 1.807) is 0 Å². The maximum atomic E-state index is 12.4. The number of unbranched alkanes of at least 4 members (excludes halogenated alkanes) is 14. The van der Waals surface area contributed by atoms with Crippen molar-refractivity contribution in [2.45, 2.75) is 156 Å². The molecule has 0 fully saturated rings. The maximum absolute atomic E-state index is 12.4. The lowest BCUT2D eigenvalue weighted by molar-refractivity contribution is -0.149. The highest BCUT2D eigenvalue weighted by Crippen LogP contribution is 2.20. The van der Waals surface area contributed by atoms with Gasteiger partial charge in [0, 0.05) is 0 Å². The van der Waals surface area contributed by atoms with Gasteiger partial charge in [-0.2, -0.15) is 0 Å².